The van der Waals surface area contributed by atoms with Gasteiger partial charge in [-0.15, -0.1) is 0 Å². The standard InChI is InChI=1S/C19H21N3O3/c1-12(2)18(24)22-16-8-3-5-13(9-16)11-21-19(25)15-7-4-6-14(10-15)17(20)23/h3-10,12H,11H2,1-2H3,(H2,20,23)(H,21,25)(H,22,24). The number of nitrogens with one attached hydrogen (secondary N) is 2. The Hall–Kier alpha value is -3.15. The van der Waals surface area contributed by atoms with Gasteiger partial charge in [0, 0.05) is 29.3 Å². The van der Waals surface area contributed by atoms with E-state index in [1.165, 1.54) is 6.07 Å². The van der Waals surface area contributed by atoms with Crippen molar-refractivity contribution in [1.82, 2.24) is 5.32 Å². The molecule has 0 saturated carbocycles. The third-order valence-electron chi connectivity index (χ3n) is 3.58. The summed E-state index contributed by atoms with van der Waals surface area (Å²) in [5.74, 6) is -1.06. The fraction of sp³-hybridized carbons (Fsp3) is 0.211. The van der Waals surface area contributed by atoms with E-state index in [0.717, 1.165) is 5.56 Å². The fourth-order valence-corrected chi connectivity index (χ4v) is 2.14. The minimum Gasteiger partial charge on any atom is -0.366 e. The van der Waals surface area contributed by atoms with Crippen molar-refractivity contribution in [3.63, 3.8) is 0 Å². The number of amides is 3. The molecule has 2 aromatic rings. The number of benzene rings is 2. The van der Waals surface area contributed by atoms with Crippen LogP contribution in [0.25, 0.3) is 0 Å². The van der Waals surface area contributed by atoms with Gasteiger partial charge in [0.2, 0.25) is 11.8 Å². The van der Waals surface area contributed by atoms with Gasteiger partial charge < -0.3 is 16.4 Å². The predicted octanol–water partition coefficient (Wildman–Crippen LogP) is 2.31. The van der Waals surface area contributed by atoms with Crippen molar-refractivity contribution in [3.05, 3.63) is 65.2 Å². The zero-order valence-corrected chi connectivity index (χ0v) is 14.2. The van der Waals surface area contributed by atoms with Gasteiger partial charge in [-0.25, -0.2) is 0 Å². The molecule has 0 atom stereocenters. The summed E-state index contributed by atoms with van der Waals surface area (Å²) in [6.45, 7) is 3.93. The highest BCUT2D eigenvalue weighted by Crippen LogP contribution is 2.12. The lowest BCUT2D eigenvalue weighted by Gasteiger charge is -2.10. The highest BCUT2D eigenvalue weighted by Gasteiger charge is 2.10. The molecule has 2 aromatic carbocycles. The van der Waals surface area contributed by atoms with Gasteiger partial charge in [0.1, 0.15) is 0 Å². The SMILES string of the molecule is CC(C)C(=O)Nc1cccc(CNC(=O)c2cccc(C(N)=O)c2)c1. The number of carbonyl (C=O) groups excluding carboxylic acids is 3. The molecule has 0 unspecified atom stereocenters. The second-order valence-electron chi connectivity index (χ2n) is 5.97. The Bertz CT molecular complexity index is 800. The molecule has 0 aromatic heterocycles. The lowest BCUT2D eigenvalue weighted by molar-refractivity contribution is -0.118. The zero-order chi connectivity index (χ0) is 18.4. The Balaban J connectivity index is 2.01. The van der Waals surface area contributed by atoms with E-state index in [0.29, 0.717) is 17.8 Å². The summed E-state index contributed by atoms with van der Waals surface area (Å²) in [6.07, 6.45) is 0. The van der Waals surface area contributed by atoms with E-state index in [2.05, 4.69) is 10.6 Å². The minimum absolute atomic E-state index is 0.0653. The normalized spacial score (nSPS) is 10.4. The van der Waals surface area contributed by atoms with E-state index in [4.69, 9.17) is 5.73 Å². The van der Waals surface area contributed by atoms with Gasteiger partial charge in [-0.05, 0) is 35.9 Å². The Labute approximate surface area is 146 Å². The summed E-state index contributed by atoms with van der Waals surface area (Å²) in [7, 11) is 0. The predicted molar refractivity (Wildman–Crippen MR) is 96.0 cm³/mol. The molecule has 0 bridgehead atoms. The van der Waals surface area contributed by atoms with Crippen LogP contribution in [-0.4, -0.2) is 17.7 Å². The average Bonchev–Trinajstić information content (AvgIpc) is 2.60. The molecular weight excluding hydrogens is 318 g/mol. The van der Waals surface area contributed by atoms with Crippen LogP contribution in [0, 0.1) is 5.92 Å². The van der Waals surface area contributed by atoms with E-state index < -0.39 is 5.91 Å². The molecule has 3 amide bonds. The van der Waals surface area contributed by atoms with E-state index in [9.17, 15) is 14.4 Å². The first-order valence-electron chi connectivity index (χ1n) is 7.94. The molecule has 4 N–H and O–H groups in total. The van der Waals surface area contributed by atoms with Gasteiger partial charge in [-0.1, -0.05) is 32.0 Å². The monoisotopic (exact) mass is 339 g/mol. The van der Waals surface area contributed by atoms with Gasteiger partial charge in [-0.3, -0.25) is 14.4 Å². The highest BCUT2D eigenvalue weighted by atomic mass is 16.2. The summed E-state index contributed by atoms with van der Waals surface area (Å²) >= 11 is 0. The maximum Gasteiger partial charge on any atom is 0.251 e. The van der Waals surface area contributed by atoms with Crippen LogP contribution in [0.1, 0.15) is 40.1 Å². The maximum atomic E-state index is 12.2. The lowest BCUT2D eigenvalue weighted by Crippen LogP contribution is -2.23. The second-order valence-corrected chi connectivity index (χ2v) is 5.97. The molecule has 25 heavy (non-hydrogen) atoms. The lowest BCUT2D eigenvalue weighted by atomic mass is 10.1. The molecule has 0 radical (unpaired) electrons. The van der Waals surface area contributed by atoms with Crippen molar-refractivity contribution in [2.75, 3.05) is 5.32 Å². The topological polar surface area (TPSA) is 101 Å². The van der Waals surface area contributed by atoms with Gasteiger partial charge in [0.25, 0.3) is 5.91 Å². The molecule has 6 heteroatoms. The molecule has 6 nitrogen and oxygen atoms in total. The maximum absolute atomic E-state index is 12.2. The largest absolute Gasteiger partial charge is 0.366 e. The van der Waals surface area contributed by atoms with E-state index in [1.54, 1.807) is 30.3 Å². The highest BCUT2D eigenvalue weighted by molar-refractivity contribution is 5.99. The number of hydrogen-bond acceptors (Lipinski definition) is 3. The molecule has 2 rings (SSSR count). The fourth-order valence-electron chi connectivity index (χ4n) is 2.14. The molecule has 0 aliphatic heterocycles. The van der Waals surface area contributed by atoms with Gasteiger partial charge in [0.05, 0.1) is 0 Å². The Morgan fingerprint density at radius 1 is 1.00 bits per heavy atom. The van der Waals surface area contributed by atoms with Crippen LogP contribution in [0.15, 0.2) is 48.5 Å². The first-order chi connectivity index (χ1) is 11.9. The van der Waals surface area contributed by atoms with E-state index in [-0.39, 0.29) is 23.3 Å². The average molecular weight is 339 g/mol. The van der Waals surface area contributed by atoms with Gasteiger partial charge in [-0.2, -0.15) is 0 Å². The molecular formula is C19H21N3O3. The number of primary amides is 1. The van der Waals surface area contributed by atoms with Gasteiger partial charge in [0.15, 0.2) is 0 Å². The van der Waals surface area contributed by atoms with Crippen LogP contribution in [0.3, 0.4) is 0 Å². The molecule has 0 fully saturated rings. The number of anilines is 1. The van der Waals surface area contributed by atoms with Gasteiger partial charge >= 0.3 is 0 Å². The third-order valence-corrected chi connectivity index (χ3v) is 3.58. The van der Waals surface area contributed by atoms with Crippen LogP contribution in [0.2, 0.25) is 0 Å². The van der Waals surface area contributed by atoms with Crippen molar-refractivity contribution in [1.29, 1.82) is 0 Å². The number of carbonyl (C=O) groups is 3. The summed E-state index contributed by atoms with van der Waals surface area (Å²) in [4.78, 5) is 35.1. The quantitative estimate of drug-likeness (QED) is 0.752. The van der Waals surface area contributed by atoms with E-state index >= 15 is 0 Å². The number of nitrogens with two attached hydrogens (primary N) is 1. The molecule has 0 heterocycles. The Morgan fingerprint density at radius 2 is 1.68 bits per heavy atom. The summed E-state index contributed by atoms with van der Waals surface area (Å²) in [5, 5.41) is 5.60. The Morgan fingerprint density at radius 3 is 2.36 bits per heavy atom. The number of rotatable bonds is 6. The number of hydrogen-bond donors (Lipinski definition) is 3. The van der Waals surface area contributed by atoms with Crippen LogP contribution in [0.4, 0.5) is 5.69 Å². The third kappa shape index (κ3) is 5.17. The van der Waals surface area contributed by atoms with Crippen molar-refractivity contribution < 1.29 is 14.4 Å². The van der Waals surface area contributed by atoms with Crippen LogP contribution in [0.5, 0.6) is 0 Å². The summed E-state index contributed by atoms with van der Waals surface area (Å²) in [5.41, 5.74) is 7.39. The minimum atomic E-state index is -0.580. The second kappa shape index (κ2) is 8.10. The smallest absolute Gasteiger partial charge is 0.251 e. The van der Waals surface area contributed by atoms with Crippen LogP contribution in [-0.2, 0) is 11.3 Å². The van der Waals surface area contributed by atoms with Crippen LogP contribution >= 0.6 is 0 Å². The van der Waals surface area contributed by atoms with Crippen molar-refractivity contribution in [2.45, 2.75) is 20.4 Å². The Kier molecular flexibility index (Phi) is 5.89. The van der Waals surface area contributed by atoms with Crippen molar-refractivity contribution >= 4 is 23.4 Å². The first kappa shape index (κ1) is 18.2. The van der Waals surface area contributed by atoms with Crippen LogP contribution < -0.4 is 16.4 Å². The zero-order valence-electron chi connectivity index (χ0n) is 14.2. The molecule has 0 spiro atoms. The summed E-state index contributed by atoms with van der Waals surface area (Å²) in [6, 6.07) is 13.5. The van der Waals surface area contributed by atoms with Crippen molar-refractivity contribution in [3.8, 4) is 0 Å². The first-order valence-corrected chi connectivity index (χ1v) is 7.94. The molecule has 0 aliphatic carbocycles. The molecule has 0 saturated heterocycles. The summed E-state index contributed by atoms with van der Waals surface area (Å²) < 4.78 is 0. The molecule has 130 valence electrons. The van der Waals surface area contributed by atoms with Crippen molar-refractivity contribution in [2.24, 2.45) is 11.7 Å². The van der Waals surface area contributed by atoms with E-state index in [1.807, 2.05) is 26.0 Å². The molecule has 0 aliphatic rings.